The molecule has 16 heavy (non-hydrogen) atoms. The number of nitrogens with one attached hydrogen (secondary N) is 2. The van der Waals surface area contributed by atoms with E-state index in [4.69, 9.17) is 35.0 Å². The number of hydrogen-bond donors (Lipinski definition) is 2. The van der Waals surface area contributed by atoms with Crippen molar-refractivity contribution in [3.05, 3.63) is 24.3 Å². The first kappa shape index (κ1) is 12.1. The molecule has 4 nitrogen and oxygen atoms in total. The normalized spacial score (nSPS) is 8.38. The molecule has 0 aliphatic carbocycles. The van der Waals surface area contributed by atoms with Gasteiger partial charge in [-0.3, -0.25) is 0 Å². The average Bonchev–Trinajstić information content (AvgIpc) is 2.31. The molecule has 2 N–H and O–H groups in total. The van der Waals surface area contributed by atoms with Gasteiger partial charge >= 0.3 is 0 Å². The van der Waals surface area contributed by atoms with Crippen LogP contribution in [0.15, 0.2) is 24.3 Å². The van der Waals surface area contributed by atoms with E-state index in [2.05, 4.69) is 10.6 Å². The van der Waals surface area contributed by atoms with Gasteiger partial charge in [-0.1, -0.05) is 0 Å². The first-order valence-electron chi connectivity index (χ1n) is 4.18. The van der Waals surface area contributed by atoms with Gasteiger partial charge in [-0.15, -0.1) is 0 Å². The summed E-state index contributed by atoms with van der Waals surface area (Å²) in [6.45, 7) is 0. The Kier molecular flexibility index (Phi) is 4.34. The quantitative estimate of drug-likeness (QED) is 0.780. The Hall–Kier alpha value is -2.02. The van der Waals surface area contributed by atoms with Crippen LogP contribution in [0.3, 0.4) is 0 Å². The molecule has 0 unspecified atom stereocenters. The Morgan fingerprint density at radius 1 is 0.875 bits per heavy atom. The largest absolute Gasteiger partial charge is 0.338 e. The van der Waals surface area contributed by atoms with Crippen LogP contribution < -0.4 is 10.6 Å². The molecule has 0 amide bonds. The zero-order valence-corrected chi connectivity index (χ0v) is 9.65. The summed E-state index contributed by atoms with van der Waals surface area (Å²) in [6.07, 6.45) is 0. The maximum atomic E-state index is 8.48. The maximum Gasteiger partial charge on any atom is 0.182 e. The molecule has 0 saturated heterocycles. The molecule has 1 aromatic carbocycles. The van der Waals surface area contributed by atoms with Gasteiger partial charge in [-0.05, 0) is 48.7 Å². The highest BCUT2D eigenvalue weighted by molar-refractivity contribution is 7.81. The number of rotatable bonds is 2. The van der Waals surface area contributed by atoms with Gasteiger partial charge in [0, 0.05) is 11.4 Å². The van der Waals surface area contributed by atoms with Crippen LogP contribution in [0.1, 0.15) is 0 Å². The van der Waals surface area contributed by atoms with E-state index in [1.165, 1.54) is 0 Å². The minimum atomic E-state index is 0.105. The fourth-order valence-electron chi connectivity index (χ4n) is 0.955. The fraction of sp³-hybridized carbons (Fsp3) is 0. The summed E-state index contributed by atoms with van der Waals surface area (Å²) in [5.74, 6) is 0. The number of thiocarbonyl (C=S) groups is 2. The van der Waals surface area contributed by atoms with Gasteiger partial charge < -0.3 is 10.6 Å². The monoisotopic (exact) mass is 246 g/mol. The molecule has 0 aliphatic rings. The van der Waals surface area contributed by atoms with Crippen LogP contribution in [0, 0.1) is 22.7 Å². The molecule has 78 valence electrons. The van der Waals surface area contributed by atoms with Crippen LogP contribution in [-0.2, 0) is 0 Å². The van der Waals surface area contributed by atoms with Crippen molar-refractivity contribution >= 4 is 45.8 Å². The fourth-order valence-corrected chi connectivity index (χ4v) is 1.19. The SMILES string of the molecule is N#CC(=S)Nc1ccc(NC(=S)C#N)cc1. The van der Waals surface area contributed by atoms with Gasteiger partial charge in [0.25, 0.3) is 0 Å². The van der Waals surface area contributed by atoms with Gasteiger partial charge in [-0.25, -0.2) is 0 Å². The Bertz CT molecular complexity index is 446. The van der Waals surface area contributed by atoms with Gasteiger partial charge in [0.15, 0.2) is 9.98 Å². The molecule has 1 rings (SSSR count). The van der Waals surface area contributed by atoms with Crippen LogP contribution >= 0.6 is 24.4 Å². The summed E-state index contributed by atoms with van der Waals surface area (Å²) < 4.78 is 0. The molecule has 0 heterocycles. The van der Waals surface area contributed by atoms with E-state index in [1.807, 2.05) is 12.1 Å². The molecule has 0 bridgehead atoms. The molecule has 0 aromatic heterocycles. The zero-order chi connectivity index (χ0) is 12.0. The Morgan fingerprint density at radius 3 is 1.44 bits per heavy atom. The van der Waals surface area contributed by atoms with E-state index in [1.54, 1.807) is 24.3 Å². The van der Waals surface area contributed by atoms with Crippen molar-refractivity contribution < 1.29 is 0 Å². The second kappa shape index (κ2) is 5.76. The highest BCUT2D eigenvalue weighted by Crippen LogP contribution is 2.13. The summed E-state index contributed by atoms with van der Waals surface area (Å²) in [7, 11) is 0. The molecule has 0 spiro atoms. The number of anilines is 2. The summed E-state index contributed by atoms with van der Waals surface area (Å²) in [5.41, 5.74) is 1.42. The Balaban J connectivity index is 2.69. The van der Waals surface area contributed by atoms with Gasteiger partial charge in [0.1, 0.15) is 12.1 Å². The van der Waals surface area contributed by atoms with Gasteiger partial charge in [0.2, 0.25) is 0 Å². The van der Waals surface area contributed by atoms with Crippen LogP contribution in [0.4, 0.5) is 11.4 Å². The van der Waals surface area contributed by atoms with Crippen molar-refractivity contribution in [1.82, 2.24) is 0 Å². The predicted octanol–water partition coefficient (Wildman–Crippen LogP) is 2.21. The molecule has 6 heteroatoms. The molecule has 0 aliphatic heterocycles. The van der Waals surface area contributed by atoms with Crippen molar-refractivity contribution in [2.75, 3.05) is 10.6 Å². The van der Waals surface area contributed by atoms with Crippen molar-refractivity contribution in [2.45, 2.75) is 0 Å². The third-order valence-corrected chi connectivity index (χ3v) is 1.99. The maximum absolute atomic E-state index is 8.48. The van der Waals surface area contributed by atoms with Crippen LogP contribution in [-0.4, -0.2) is 9.98 Å². The first-order valence-corrected chi connectivity index (χ1v) is 4.99. The highest BCUT2D eigenvalue weighted by Gasteiger charge is 1.98. The lowest BCUT2D eigenvalue weighted by atomic mass is 10.3. The topological polar surface area (TPSA) is 71.6 Å². The first-order chi connectivity index (χ1) is 7.65. The van der Waals surface area contributed by atoms with E-state index >= 15 is 0 Å². The summed E-state index contributed by atoms with van der Waals surface area (Å²) in [5, 5.41) is 22.4. The number of hydrogen-bond acceptors (Lipinski definition) is 4. The van der Waals surface area contributed by atoms with E-state index in [0.29, 0.717) is 11.4 Å². The van der Waals surface area contributed by atoms with E-state index < -0.39 is 0 Å². The molecule has 0 saturated carbocycles. The third kappa shape index (κ3) is 3.62. The Morgan fingerprint density at radius 2 is 1.19 bits per heavy atom. The van der Waals surface area contributed by atoms with Crippen molar-refractivity contribution in [1.29, 1.82) is 10.5 Å². The second-order valence-electron chi connectivity index (χ2n) is 2.71. The van der Waals surface area contributed by atoms with Crippen LogP contribution in [0.5, 0.6) is 0 Å². The summed E-state index contributed by atoms with van der Waals surface area (Å²) in [6, 6.07) is 10.5. The predicted molar refractivity (Wildman–Crippen MR) is 70.1 cm³/mol. The highest BCUT2D eigenvalue weighted by atomic mass is 32.1. The zero-order valence-electron chi connectivity index (χ0n) is 8.02. The standard InChI is InChI=1S/C10H6N4S2/c11-5-9(15)13-7-1-2-8(4-3-7)14-10(16)6-12/h1-4H,(H,13,15)(H,14,16). The Labute approximate surface area is 103 Å². The smallest absolute Gasteiger partial charge is 0.182 e. The lowest BCUT2D eigenvalue weighted by molar-refractivity contribution is 1.54. The van der Waals surface area contributed by atoms with Gasteiger partial charge in [0.05, 0.1) is 0 Å². The van der Waals surface area contributed by atoms with E-state index in [9.17, 15) is 0 Å². The molecule has 0 atom stereocenters. The van der Waals surface area contributed by atoms with Crippen molar-refractivity contribution in [3.63, 3.8) is 0 Å². The molecule has 1 aromatic rings. The minimum absolute atomic E-state index is 0.105. The van der Waals surface area contributed by atoms with Crippen molar-refractivity contribution in [2.24, 2.45) is 0 Å². The summed E-state index contributed by atoms with van der Waals surface area (Å²) in [4.78, 5) is 0.210. The molecule has 0 fully saturated rings. The second-order valence-corrected chi connectivity index (χ2v) is 3.53. The number of nitriles is 2. The molecule has 0 radical (unpaired) electrons. The molecular weight excluding hydrogens is 240 g/mol. The van der Waals surface area contributed by atoms with Crippen LogP contribution in [0.25, 0.3) is 0 Å². The molecular formula is C10H6N4S2. The minimum Gasteiger partial charge on any atom is -0.338 e. The lowest BCUT2D eigenvalue weighted by Crippen LogP contribution is -2.07. The van der Waals surface area contributed by atoms with Crippen LogP contribution in [0.2, 0.25) is 0 Å². The number of nitrogens with zero attached hydrogens (tertiary/aromatic N) is 2. The van der Waals surface area contributed by atoms with E-state index in [-0.39, 0.29) is 9.98 Å². The lowest BCUT2D eigenvalue weighted by Gasteiger charge is -2.05. The van der Waals surface area contributed by atoms with Gasteiger partial charge in [-0.2, -0.15) is 10.5 Å². The average molecular weight is 246 g/mol. The summed E-state index contributed by atoms with van der Waals surface area (Å²) >= 11 is 9.41. The van der Waals surface area contributed by atoms with Crippen molar-refractivity contribution in [3.8, 4) is 12.1 Å². The number of benzene rings is 1. The third-order valence-electron chi connectivity index (χ3n) is 1.60. The van der Waals surface area contributed by atoms with E-state index in [0.717, 1.165) is 0 Å².